The minimum absolute atomic E-state index is 0.331. The van der Waals surface area contributed by atoms with Crippen molar-refractivity contribution in [2.75, 3.05) is 0 Å². The van der Waals surface area contributed by atoms with Gasteiger partial charge in [0.05, 0.1) is 6.20 Å². The first-order valence-corrected chi connectivity index (χ1v) is 4.07. The molecule has 0 saturated heterocycles. The number of allylic oxidation sites excluding steroid dienone is 3. The Bertz CT molecular complexity index is 365. The van der Waals surface area contributed by atoms with E-state index in [-0.39, 0.29) is 0 Å². The highest BCUT2D eigenvalue weighted by molar-refractivity contribution is 5.89. The van der Waals surface area contributed by atoms with E-state index >= 15 is 0 Å². The SMILES string of the molecule is C=C(F)/C=C(\CC(C)=N)c1cnco1. The number of nitrogens with one attached hydrogen (secondary N) is 1. The minimum Gasteiger partial charge on any atom is -0.444 e. The molecule has 74 valence electrons. The predicted molar refractivity (Wildman–Crippen MR) is 52.7 cm³/mol. The molecule has 1 aromatic rings. The van der Waals surface area contributed by atoms with Crippen molar-refractivity contribution in [1.29, 1.82) is 5.41 Å². The second kappa shape index (κ2) is 4.50. The van der Waals surface area contributed by atoms with Crippen LogP contribution in [0.5, 0.6) is 0 Å². The Morgan fingerprint density at radius 3 is 2.93 bits per heavy atom. The summed E-state index contributed by atoms with van der Waals surface area (Å²) < 4.78 is 17.6. The molecule has 1 heterocycles. The number of oxazole rings is 1. The lowest BCUT2D eigenvalue weighted by Gasteiger charge is -2.01. The lowest BCUT2D eigenvalue weighted by atomic mass is 10.1. The lowest BCUT2D eigenvalue weighted by Crippen LogP contribution is -1.91. The van der Waals surface area contributed by atoms with E-state index in [1.165, 1.54) is 18.7 Å². The molecule has 0 saturated carbocycles. The van der Waals surface area contributed by atoms with Crippen molar-refractivity contribution < 1.29 is 8.81 Å². The molecule has 3 nitrogen and oxygen atoms in total. The maximum absolute atomic E-state index is 12.6. The van der Waals surface area contributed by atoms with Gasteiger partial charge < -0.3 is 9.83 Å². The van der Waals surface area contributed by atoms with Crippen molar-refractivity contribution in [3.8, 4) is 0 Å². The molecule has 0 atom stereocenters. The molecule has 0 aliphatic carbocycles. The first kappa shape index (κ1) is 10.4. The van der Waals surface area contributed by atoms with Crippen LogP contribution in [0.15, 0.2) is 35.5 Å². The monoisotopic (exact) mass is 194 g/mol. The summed E-state index contributed by atoms with van der Waals surface area (Å²) in [6.45, 7) is 4.78. The molecule has 1 rings (SSSR count). The molecule has 0 spiro atoms. The zero-order valence-electron chi connectivity index (χ0n) is 7.88. The summed E-state index contributed by atoms with van der Waals surface area (Å²) in [6.07, 6.45) is 4.33. The van der Waals surface area contributed by atoms with Crippen molar-refractivity contribution >= 4 is 11.3 Å². The van der Waals surface area contributed by atoms with E-state index in [0.717, 1.165) is 0 Å². The number of nitrogens with zero attached hydrogens (tertiary/aromatic N) is 1. The first-order valence-electron chi connectivity index (χ1n) is 4.07. The molecule has 1 aromatic heterocycles. The van der Waals surface area contributed by atoms with Gasteiger partial charge in [0.1, 0.15) is 5.83 Å². The molecule has 0 aromatic carbocycles. The van der Waals surface area contributed by atoms with Crippen molar-refractivity contribution in [2.45, 2.75) is 13.3 Å². The third-order valence-corrected chi connectivity index (χ3v) is 1.54. The molecule has 1 N–H and O–H groups in total. The van der Waals surface area contributed by atoms with Crippen LogP contribution in [0.4, 0.5) is 4.39 Å². The summed E-state index contributed by atoms with van der Waals surface area (Å²) in [5.74, 6) is -0.0898. The number of hydrogen-bond acceptors (Lipinski definition) is 3. The third kappa shape index (κ3) is 2.97. The van der Waals surface area contributed by atoms with Crippen LogP contribution in [-0.2, 0) is 0 Å². The Hall–Kier alpha value is -1.71. The molecule has 0 fully saturated rings. The standard InChI is InChI=1S/C10H11FN2O/c1-7(11)3-9(4-8(2)12)10-5-13-6-14-10/h3,5-6,12H,1,4H2,2H3/b9-3+,12-8?. The zero-order valence-corrected chi connectivity index (χ0v) is 7.88. The molecule has 0 unspecified atom stereocenters. The van der Waals surface area contributed by atoms with Gasteiger partial charge in [-0.25, -0.2) is 9.37 Å². The van der Waals surface area contributed by atoms with Gasteiger partial charge in [-0.1, -0.05) is 6.58 Å². The van der Waals surface area contributed by atoms with Crippen LogP contribution in [-0.4, -0.2) is 10.7 Å². The summed E-state index contributed by atoms with van der Waals surface area (Å²) in [5.41, 5.74) is 0.997. The Labute approximate surface area is 81.5 Å². The summed E-state index contributed by atoms with van der Waals surface area (Å²) in [7, 11) is 0. The molecule has 14 heavy (non-hydrogen) atoms. The maximum Gasteiger partial charge on any atom is 0.181 e. The van der Waals surface area contributed by atoms with E-state index in [4.69, 9.17) is 9.83 Å². The number of hydrogen-bond donors (Lipinski definition) is 1. The third-order valence-electron chi connectivity index (χ3n) is 1.54. The van der Waals surface area contributed by atoms with E-state index < -0.39 is 5.83 Å². The van der Waals surface area contributed by atoms with Crippen molar-refractivity contribution in [2.24, 2.45) is 0 Å². The number of rotatable bonds is 4. The summed E-state index contributed by atoms with van der Waals surface area (Å²) in [4.78, 5) is 3.73. The number of halogens is 1. The van der Waals surface area contributed by atoms with Gasteiger partial charge in [-0.15, -0.1) is 0 Å². The summed E-state index contributed by atoms with van der Waals surface area (Å²) in [5, 5.41) is 7.32. The van der Waals surface area contributed by atoms with Gasteiger partial charge in [0, 0.05) is 17.7 Å². The van der Waals surface area contributed by atoms with Crippen LogP contribution in [0.1, 0.15) is 19.1 Å². The van der Waals surface area contributed by atoms with E-state index in [1.807, 2.05) is 0 Å². The Morgan fingerprint density at radius 1 is 1.79 bits per heavy atom. The Morgan fingerprint density at radius 2 is 2.50 bits per heavy atom. The fourth-order valence-electron chi connectivity index (χ4n) is 1.06. The lowest BCUT2D eigenvalue weighted by molar-refractivity contribution is 0.543. The first-order chi connectivity index (χ1) is 6.59. The zero-order chi connectivity index (χ0) is 10.6. The highest BCUT2D eigenvalue weighted by Crippen LogP contribution is 2.20. The van der Waals surface area contributed by atoms with E-state index in [2.05, 4.69) is 11.6 Å². The maximum atomic E-state index is 12.6. The fourth-order valence-corrected chi connectivity index (χ4v) is 1.06. The van der Waals surface area contributed by atoms with E-state index in [9.17, 15) is 4.39 Å². The van der Waals surface area contributed by atoms with Crippen LogP contribution in [0.2, 0.25) is 0 Å². The van der Waals surface area contributed by atoms with Crippen LogP contribution in [0.25, 0.3) is 5.57 Å². The molecular formula is C10H11FN2O. The molecule has 0 radical (unpaired) electrons. The molecule has 0 aliphatic rings. The average molecular weight is 194 g/mol. The minimum atomic E-state index is -0.558. The highest BCUT2D eigenvalue weighted by atomic mass is 19.1. The van der Waals surface area contributed by atoms with Gasteiger partial charge in [0.2, 0.25) is 0 Å². The normalized spacial score (nSPS) is 11.4. The van der Waals surface area contributed by atoms with Crippen molar-refractivity contribution in [3.63, 3.8) is 0 Å². The van der Waals surface area contributed by atoms with Crippen LogP contribution < -0.4 is 0 Å². The second-order valence-corrected chi connectivity index (χ2v) is 2.94. The van der Waals surface area contributed by atoms with Gasteiger partial charge in [0.15, 0.2) is 12.2 Å². The summed E-state index contributed by atoms with van der Waals surface area (Å²) in [6, 6.07) is 0. The highest BCUT2D eigenvalue weighted by Gasteiger charge is 2.06. The van der Waals surface area contributed by atoms with E-state index in [0.29, 0.717) is 23.5 Å². The molecule has 4 heteroatoms. The van der Waals surface area contributed by atoms with Crippen LogP contribution >= 0.6 is 0 Å². The van der Waals surface area contributed by atoms with Crippen LogP contribution in [0, 0.1) is 5.41 Å². The molecule has 0 bridgehead atoms. The fraction of sp³-hybridized carbons (Fsp3) is 0.200. The number of aromatic nitrogens is 1. The Balaban J connectivity index is 2.94. The largest absolute Gasteiger partial charge is 0.444 e. The summed E-state index contributed by atoms with van der Waals surface area (Å²) >= 11 is 0. The second-order valence-electron chi connectivity index (χ2n) is 2.94. The van der Waals surface area contributed by atoms with Gasteiger partial charge in [-0.05, 0) is 13.0 Å². The molecule has 0 aliphatic heterocycles. The van der Waals surface area contributed by atoms with Crippen molar-refractivity contribution in [3.05, 3.63) is 36.8 Å². The van der Waals surface area contributed by atoms with Gasteiger partial charge in [0.25, 0.3) is 0 Å². The van der Waals surface area contributed by atoms with Crippen LogP contribution in [0.3, 0.4) is 0 Å². The van der Waals surface area contributed by atoms with Crippen molar-refractivity contribution in [1.82, 2.24) is 4.98 Å². The predicted octanol–water partition coefficient (Wildman–Crippen LogP) is 2.97. The van der Waals surface area contributed by atoms with Gasteiger partial charge >= 0.3 is 0 Å². The smallest absolute Gasteiger partial charge is 0.181 e. The molecular weight excluding hydrogens is 183 g/mol. The molecule has 0 amide bonds. The average Bonchev–Trinajstić information content (AvgIpc) is 2.52. The topological polar surface area (TPSA) is 49.9 Å². The quantitative estimate of drug-likeness (QED) is 0.591. The van der Waals surface area contributed by atoms with Gasteiger partial charge in [-0.3, -0.25) is 0 Å². The Kier molecular flexibility index (Phi) is 3.34. The van der Waals surface area contributed by atoms with E-state index in [1.54, 1.807) is 6.92 Å². The van der Waals surface area contributed by atoms with Gasteiger partial charge in [-0.2, -0.15) is 0 Å².